The highest BCUT2D eigenvalue weighted by molar-refractivity contribution is 9.10. The minimum absolute atomic E-state index is 0.0692. The Labute approximate surface area is 125 Å². The van der Waals surface area contributed by atoms with E-state index in [4.69, 9.17) is 0 Å². The molecule has 2 rings (SSSR count). The first kappa shape index (κ1) is 14.3. The molecule has 0 fully saturated rings. The van der Waals surface area contributed by atoms with Crippen LogP contribution in [-0.2, 0) is 0 Å². The van der Waals surface area contributed by atoms with Crippen LogP contribution >= 0.6 is 15.9 Å². The standard InChI is InChI=1S/C15H13BrN2O2/c1-10(11-5-4-6-12(16)9-11)17-18-15(20)13-7-2-3-8-14(13)19/h2-9,19H,1H3,(H,18,20)/b17-10+. The van der Waals surface area contributed by atoms with Gasteiger partial charge in [-0.3, -0.25) is 4.79 Å². The summed E-state index contributed by atoms with van der Waals surface area (Å²) in [5.41, 5.74) is 4.20. The van der Waals surface area contributed by atoms with Crippen LogP contribution < -0.4 is 5.43 Å². The molecule has 0 spiro atoms. The van der Waals surface area contributed by atoms with Gasteiger partial charge < -0.3 is 5.11 Å². The van der Waals surface area contributed by atoms with Gasteiger partial charge in [0.25, 0.3) is 5.91 Å². The molecule has 102 valence electrons. The van der Waals surface area contributed by atoms with E-state index < -0.39 is 5.91 Å². The van der Waals surface area contributed by atoms with E-state index in [0.29, 0.717) is 5.71 Å². The Kier molecular flexibility index (Phi) is 4.53. The molecule has 0 aliphatic rings. The number of carbonyl (C=O) groups excluding carboxylic acids is 1. The smallest absolute Gasteiger partial charge is 0.275 e. The zero-order valence-corrected chi connectivity index (χ0v) is 12.4. The van der Waals surface area contributed by atoms with Crippen molar-refractivity contribution in [3.63, 3.8) is 0 Å². The molecule has 2 aromatic rings. The van der Waals surface area contributed by atoms with Crippen molar-refractivity contribution in [2.24, 2.45) is 5.10 Å². The topological polar surface area (TPSA) is 61.7 Å². The van der Waals surface area contributed by atoms with Crippen LogP contribution in [0.15, 0.2) is 58.1 Å². The van der Waals surface area contributed by atoms with Crippen LogP contribution in [0.25, 0.3) is 0 Å². The Hall–Kier alpha value is -2.14. The maximum absolute atomic E-state index is 11.9. The summed E-state index contributed by atoms with van der Waals surface area (Å²) < 4.78 is 0.941. The van der Waals surface area contributed by atoms with Crippen molar-refractivity contribution in [1.82, 2.24) is 5.43 Å². The second-order valence-electron chi connectivity index (χ2n) is 4.17. The molecule has 0 aliphatic carbocycles. The summed E-state index contributed by atoms with van der Waals surface area (Å²) in [5, 5.41) is 13.6. The van der Waals surface area contributed by atoms with E-state index in [-0.39, 0.29) is 11.3 Å². The number of rotatable bonds is 3. The van der Waals surface area contributed by atoms with Gasteiger partial charge in [-0.15, -0.1) is 0 Å². The van der Waals surface area contributed by atoms with Crippen LogP contribution in [-0.4, -0.2) is 16.7 Å². The third kappa shape index (κ3) is 3.45. The van der Waals surface area contributed by atoms with E-state index in [2.05, 4.69) is 26.5 Å². The minimum atomic E-state index is -0.447. The molecule has 2 N–H and O–H groups in total. The fraction of sp³-hybridized carbons (Fsp3) is 0.0667. The maximum Gasteiger partial charge on any atom is 0.275 e. The third-order valence-electron chi connectivity index (χ3n) is 2.72. The van der Waals surface area contributed by atoms with Gasteiger partial charge in [-0.25, -0.2) is 5.43 Å². The van der Waals surface area contributed by atoms with Crippen molar-refractivity contribution in [2.75, 3.05) is 0 Å². The second-order valence-corrected chi connectivity index (χ2v) is 5.08. The summed E-state index contributed by atoms with van der Waals surface area (Å²) in [7, 11) is 0. The second kappa shape index (κ2) is 6.34. The highest BCUT2D eigenvalue weighted by Crippen LogP contribution is 2.15. The number of nitrogens with zero attached hydrogens (tertiary/aromatic N) is 1. The molecular formula is C15H13BrN2O2. The van der Waals surface area contributed by atoms with Crippen molar-refractivity contribution >= 4 is 27.5 Å². The lowest BCUT2D eigenvalue weighted by Gasteiger charge is -2.04. The zero-order valence-electron chi connectivity index (χ0n) is 10.8. The number of halogens is 1. The van der Waals surface area contributed by atoms with Crippen molar-refractivity contribution in [3.05, 3.63) is 64.1 Å². The number of aromatic hydroxyl groups is 1. The van der Waals surface area contributed by atoms with Gasteiger partial charge in [-0.2, -0.15) is 5.10 Å². The Morgan fingerprint density at radius 3 is 2.65 bits per heavy atom. The SMILES string of the molecule is C/C(=N\NC(=O)c1ccccc1O)c1cccc(Br)c1. The fourth-order valence-corrected chi connectivity index (χ4v) is 2.04. The van der Waals surface area contributed by atoms with Gasteiger partial charge in [0, 0.05) is 4.47 Å². The number of phenolic OH excluding ortho intramolecular Hbond substituents is 1. The molecule has 0 heterocycles. The molecular weight excluding hydrogens is 320 g/mol. The van der Waals surface area contributed by atoms with Crippen LogP contribution in [0, 0.1) is 0 Å². The lowest BCUT2D eigenvalue weighted by atomic mass is 10.1. The van der Waals surface area contributed by atoms with Crippen molar-refractivity contribution in [3.8, 4) is 5.75 Å². The van der Waals surface area contributed by atoms with Crippen molar-refractivity contribution in [2.45, 2.75) is 6.92 Å². The highest BCUT2D eigenvalue weighted by atomic mass is 79.9. The summed E-state index contributed by atoms with van der Waals surface area (Å²) in [4.78, 5) is 11.9. The number of para-hydroxylation sites is 1. The largest absolute Gasteiger partial charge is 0.507 e. The third-order valence-corrected chi connectivity index (χ3v) is 3.21. The first-order valence-electron chi connectivity index (χ1n) is 5.96. The Morgan fingerprint density at radius 1 is 1.20 bits per heavy atom. The van der Waals surface area contributed by atoms with E-state index >= 15 is 0 Å². The normalized spacial score (nSPS) is 11.2. The Balaban J connectivity index is 2.13. The molecule has 1 amide bonds. The van der Waals surface area contributed by atoms with Crippen molar-refractivity contribution < 1.29 is 9.90 Å². The van der Waals surface area contributed by atoms with Crippen LogP contribution in [0.3, 0.4) is 0 Å². The molecule has 0 saturated carbocycles. The Bertz CT molecular complexity index is 668. The van der Waals surface area contributed by atoms with Gasteiger partial charge >= 0.3 is 0 Å². The van der Waals surface area contributed by atoms with E-state index in [0.717, 1.165) is 10.0 Å². The van der Waals surface area contributed by atoms with Crippen LogP contribution in [0.2, 0.25) is 0 Å². The first-order valence-corrected chi connectivity index (χ1v) is 6.76. The number of hydrazone groups is 1. The summed E-state index contributed by atoms with van der Waals surface area (Å²) in [6.45, 7) is 1.80. The molecule has 0 unspecified atom stereocenters. The van der Waals surface area contributed by atoms with Crippen LogP contribution in [0.4, 0.5) is 0 Å². The summed E-state index contributed by atoms with van der Waals surface area (Å²) in [6.07, 6.45) is 0. The number of amides is 1. The molecule has 2 aromatic carbocycles. The number of hydrogen-bond donors (Lipinski definition) is 2. The summed E-state index contributed by atoms with van der Waals surface area (Å²) >= 11 is 3.38. The van der Waals surface area contributed by atoms with Gasteiger partial charge in [0.05, 0.1) is 11.3 Å². The Morgan fingerprint density at radius 2 is 1.95 bits per heavy atom. The maximum atomic E-state index is 11.9. The van der Waals surface area contributed by atoms with Crippen LogP contribution in [0.5, 0.6) is 5.75 Å². The molecule has 5 heteroatoms. The van der Waals surface area contributed by atoms with Crippen LogP contribution in [0.1, 0.15) is 22.8 Å². The molecule has 0 bridgehead atoms. The van der Waals surface area contributed by atoms with Gasteiger partial charge in [0.1, 0.15) is 5.75 Å². The molecule has 20 heavy (non-hydrogen) atoms. The number of nitrogens with one attached hydrogen (secondary N) is 1. The number of benzene rings is 2. The molecule has 0 aromatic heterocycles. The van der Waals surface area contributed by atoms with E-state index in [1.54, 1.807) is 19.1 Å². The summed E-state index contributed by atoms with van der Waals surface area (Å²) in [6, 6.07) is 13.9. The average Bonchev–Trinajstić information content (AvgIpc) is 2.45. The molecule has 4 nitrogen and oxygen atoms in total. The minimum Gasteiger partial charge on any atom is -0.507 e. The molecule has 0 saturated heterocycles. The van der Waals surface area contributed by atoms with E-state index in [9.17, 15) is 9.90 Å². The summed E-state index contributed by atoms with van der Waals surface area (Å²) in [5.74, 6) is -0.516. The first-order chi connectivity index (χ1) is 9.58. The average molecular weight is 333 g/mol. The van der Waals surface area contributed by atoms with Gasteiger partial charge in [-0.1, -0.05) is 40.2 Å². The lowest BCUT2D eigenvalue weighted by Crippen LogP contribution is -2.19. The molecule has 0 radical (unpaired) electrons. The predicted octanol–water partition coefficient (Wildman–Crippen LogP) is 3.31. The van der Waals surface area contributed by atoms with E-state index in [1.165, 1.54) is 12.1 Å². The number of phenols is 1. The number of carbonyl (C=O) groups is 1. The molecule has 0 aliphatic heterocycles. The lowest BCUT2D eigenvalue weighted by molar-refractivity contribution is 0.0952. The van der Waals surface area contributed by atoms with E-state index in [1.807, 2.05) is 24.3 Å². The predicted molar refractivity (Wildman–Crippen MR) is 81.9 cm³/mol. The van der Waals surface area contributed by atoms with Crippen molar-refractivity contribution in [1.29, 1.82) is 0 Å². The zero-order chi connectivity index (χ0) is 14.5. The van der Waals surface area contributed by atoms with Gasteiger partial charge in [-0.05, 0) is 36.8 Å². The monoisotopic (exact) mass is 332 g/mol. The fourth-order valence-electron chi connectivity index (χ4n) is 1.64. The number of hydrogen-bond acceptors (Lipinski definition) is 3. The van der Waals surface area contributed by atoms with Gasteiger partial charge in [0.15, 0.2) is 0 Å². The van der Waals surface area contributed by atoms with Gasteiger partial charge in [0.2, 0.25) is 0 Å². The molecule has 0 atom stereocenters. The quantitative estimate of drug-likeness (QED) is 0.669. The highest BCUT2D eigenvalue weighted by Gasteiger charge is 2.09.